The summed E-state index contributed by atoms with van der Waals surface area (Å²) in [5.74, 6) is 0.222. The molecule has 25 heavy (non-hydrogen) atoms. The summed E-state index contributed by atoms with van der Waals surface area (Å²) in [6, 6.07) is 0.000501. The molecule has 7 nitrogen and oxygen atoms in total. The molecule has 4 N–H and O–H groups in total. The highest BCUT2D eigenvalue weighted by atomic mass is 35.5. The van der Waals surface area contributed by atoms with Crippen LogP contribution in [0.5, 0.6) is 0 Å². The van der Waals surface area contributed by atoms with Crippen LogP contribution in [0.15, 0.2) is 0 Å². The van der Waals surface area contributed by atoms with E-state index in [4.69, 9.17) is 5.73 Å². The number of carbonyl (C=O) groups excluding carboxylic acids is 3. The van der Waals surface area contributed by atoms with Crippen LogP contribution in [0, 0.1) is 5.92 Å². The van der Waals surface area contributed by atoms with E-state index in [-0.39, 0.29) is 42.7 Å². The van der Waals surface area contributed by atoms with Gasteiger partial charge in [-0.15, -0.1) is 12.4 Å². The number of amides is 3. The molecular weight excluding hydrogens is 344 g/mol. The van der Waals surface area contributed by atoms with Gasteiger partial charge in [-0.25, -0.2) is 0 Å². The molecule has 0 saturated carbocycles. The molecule has 0 aromatic rings. The number of piperidine rings is 1. The highest BCUT2D eigenvalue weighted by molar-refractivity contribution is 5.85. The molecule has 0 bridgehead atoms. The van der Waals surface area contributed by atoms with Crippen molar-refractivity contribution >= 4 is 30.1 Å². The molecular formula is C17H33ClN4O3. The monoisotopic (exact) mass is 376 g/mol. The zero-order chi connectivity index (χ0) is 17.9. The van der Waals surface area contributed by atoms with E-state index in [0.717, 1.165) is 25.7 Å². The zero-order valence-electron chi connectivity index (χ0n) is 15.4. The average Bonchev–Trinajstić information content (AvgIpc) is 2.56. The normalized spacial score (nSPS) is 17.0. The van der Waals surface area contributed by atoms with E-state index in [9.17, 15) is 14.4 Å². The Morgan fingerprint density at radius 1 is 1.12 bits per heavy atom. The zero-order valence-corrected chi connectivity index (χ0v) is 16.2. The number of halogens is 1. The Bertz CT molecular complexity index is 432. The van der Waals surface area contributed by atoms with E-state index < -0.39 is 0 Å². The molecule has 146 valence electrons. The van der Waals surface area contributed by atoms with E-state index in [0.29, 0.717) is 38.4 Å². The van der Waals surface area contributed by atoms with Gasteiger partial charge in [0.2, 0.25) is 17.7 Å². The van der Waals surface area contributed by atoms with Gasteiger partial charge < -0.3 is 21.3 Å². The standard InChI is InChI=1S/C17H32N4O3.ClH/c1-13(2)6-7-15(22)20-12-17(24)21-10-4-3-5-14(21)11-19-16(23)8-9-18;/h13-14H,3-12,18H2,1-2H3,(H,19,23)(H,20,22);1H. The summed E-state index contributed by atoms with van der Waals surface area (Å²) in [6.07, 6.45) is 4.44. The minimum Gasteiger partial charge on any atom is -0.354 e. The first-order valence-corrected chi connectivity index (χ1v) is 8.97. The summed E-state index contributed by atoms with van der Waals surface area (Å²) in [7, 11) is 0. The van der Waals surface area contributed by atoms with Gasteiger partial charge in [-0.3, -0.25) is 14.4 Å². The fourth-order valence-corrected chi connectivity index (χ4v) is 2.78. The van der Waals surface area contributed by atoms with Crippen molar-refractivity contribution in [3.8, 4) is 0 Å². The number of likely N-dealkylation sites (tertiary alicyclic amines) is 1. The van der Waals surface area contributed by atoms with Crippen LogP contribution in [-0.4, -0.2) is 54.8 Å². The summed E-state index contributed by atoms with van der Waals surface area (Å²) < 4.78 is 0. The molecule has 1 rings (SSSR count). The van der Waals surface area contributed by atoms with Gasteiger partial charge in [-0.05, 0) is 31.6 Å². The van der Waals surface area contributed by atoms with E-state index >= 15 is 0 Å². The number of nitrogens with one attached hydrogen (secondary N) is 2. The van der Waals surface area contributed by atoms with Crippen LogP contribution < -0.4 is 16.4 Å². The van der Waals surface area contributed by atoms with Crippen LogP contribution in [0.1, 0.15) is 52.4 Å². The Labute approximate surface area is 156 Å². The van der Waals surface area contributed by atoms with Gasteiger partial charge in [0.05, 0.1) is 6.54 Å². The second kappa shape index (κ2) is 12.9. The van der Waals surface area contributed by atoms with Gasteiger partial charge in [0, 0.05) is 38.5 Å². The number of carbonyl (C=O) groups is 3. The third kappa shape index (κ3) is 9.65. The van der Waals surface area contributed by atoms with Crippen molar-refractivity contribution in [2.75, 3.05) is 26.2 Å². The summed E-state index contributed by atoms with van der Waals surface area (Å²) in [5, 5.41) is 5.54. The Balaban J connectivity index is 0.00000576. The molecule has 1 unspecified atom stereocenters. The molecule has 0 aromatic heterocycles. The van der Waals surface area contributed by atoms with Gasteiger partial charge in [-0.1, -0.05) is 13.8 Å². The number of nitrogens with two attached hydrogens (primary N) is 1. The van der Waals surface area contributed by atoms with Gasteiger partial charge in [0.1, 0.15) is 0 Å². The highest BCUT2D eigenvalue weighted by Crippen LogP contribution is 2.16. The van der Waals surface area contributed by atoms with Crippen molar-refractivity contribution < 1.29 is 14.4 Å². The lowest BCUT2D eigenvalue weighted by Crippen LogP contribution is -2.52. The number of hydrogen-bond donors (Lipinski definition) is 3. The summed E-state index contributed by atoms with van der Waals surface area (Å²) >= 11 is 0. The van der Waals surface area contributed by atoms with Crippen molar-refractivity contribution in [2.24, 2.45) is 11.7 Å². The first kappa shape index (κ1) is 23.7. The maximum absolute atomic E-state index is 12.4. The Morgan fingerprint density at radius 2 is 1.80 bits per heavy atom. The lowest BCUT2D eigenvalue weighted by Gasteiger charge is -2.36. The fourth-order valence-electron chi connectivity index (χ4n) is 2.78. The smallest absolute Gasteiger partial charge is 0.242 e. The summed E-state index contributed by atoms with van der Waals surface area (Å²) in [6.45, 7) is 5.61. The molecule has 0 radical (unpaired) electrons. The minimum atomic E-state index is -0.0857. The largest absolute Gasteiger partial charge is 0.354 e. The molecule has 0 aromatic carbocycles. The minimum absolute atomic E-state index is 0. The average molecular weight is 377 g/mol. The van der Waals surface area contributed by atoms with Gasteiger partial charge in [0.25, 0.3) is 0 Å². The second-order valence-electron chi connectivity index (χ2n) is 6.79. The van der Waals surface area contributed by atoms with E-state index in [2.05, 4.69) is 24.5 Å². The molecule has 0 spiro atoms. The van der Waals surface area contributed by atoms with Crippen molar-refractivity contribution in [1.82, 2.24) is 15.5 Å². The van der Waals surface area contributed by atoms with E-state index in [1.54, 1.807) is 4.90 Å². The number of hydrogen-bond acceptors (Lipinski definition) is 4. The summed E-state index contributed by atoms with van der Waals surface area (Å²) in [4.78, 5) is 37.5. The SMILES string of the molecule is CC(C)CCC(=O)NCC(=O)N1CCCCC1CNC(=O)CCN.Cl. The molecule has 1 aliphatic rings. The van der Waals surface area contributed by atoms with Crippen LogP contribution in [-0.2, 0) is 14.4 Å². The van der Waals surface area contributed by atoms with Crippen molar-refractivity contribution in [2.45, 2.75) is 58.4 Å². The molecule has 1 atom stereocenters. The molecule has 0 aliphatic carbocycles. The Morgan fingerprint density at radius 3 is 2.44 bits per heavy atom. The van der Waals surface area contributed by atoms with Crippen LogP contribution in [0.4, 0.5) is 0 Å². The lowest BCUT2D eigenvalue weighted by molar-refractivity contribution is -0.136. The van der Waals surface area contributed by atoms with Gasteiger partial charge >= 0.3 is 0 Å². The topological polar surface area (TPSA) is 105 Å². The van der Waals surface area contributed by atoms with Crippen LogP contribution in [0.3, 0.4) is 0 Å². The molecule has 3 amide bonds. The van der Waals surface area contributed by atoms with Crippen molar-refractivity contribution in [1.29, 1.82) is 0 Å². The fraction of sp³-hybridized carbons (Fsp3) is 0.824. The first-order chi connectivity index (χ1) is 11.4. The number of rotatable bonds is 9. The van der Waals surface area contributed by atoms with Crippen molar-refractivity contribution in [3.63, 3.8) is 0 Å². The van der Waals surface area contributed by atoms with Gasteiger partial charge in [-0.2, -0.15) is 0 Å². The Hall–Kier alpha value is -1.34. The molecule has 1 fully saturated rings. The lowest BCUT2D eigenvalue weighted by atomic mass is 10.0. The van der Waals surface area contributed by atoms with Gasteiger partial charge in [0.15, 0.2) is 0 Å². The van der Waals surface area contributed by atoms with E-state index in [1.165, 1.54) is 0 Å². The Kier molecular flexibility index (Phi) is 12.2. The van der Waals surface area contributed by atoms with Crippen molar-refractivity contribution in [3.05, 3.63) is 0 Å². The highest BCUT2D eigenvalue weighted by Gasteiger charge is 2.26. The molecule has 1 aliphatic heterocycles. The summed E-state index contributed by atoms with van der Waals surface area (Å²) in [5.41, 5.74) is 5.36. The maximum atomic E-state index is 12.4. The van der Waals surface area contributed by atoms with Crippen LogP contribution in [0.25, 0.3) is 0 Å². The molecule has 1 heterocycles. The predicted octanol–water partition coefficient (Wildman–Crippen LogP) is 0.807. The number of nitrogens with zero attached hydrogens (tertiary/aromatic N) is 1. The molecule has 1 saturated heterocycles. The van der Waals surface area contributed by atoms with E-state index in [1.807, 2.05) is 0 Å². The second-order valence-corrected chi connectivity index (χ2v) is 6.79. The third-order valence-corrected chi connectivity index (χ3v) is 4.24. The quantitative estimate of drug-likeness (QED) is 0.553. The molecule has 8 heteroatoms. The third-order valence-electron chi connectivity index (χ3n) is 4.24. The van der Waals surface area contributed by atoms with Crippen LogP contribution >= 0.6 is 12.4 Å². The first-order valence-electron chi connectivity index (χ1n) is 8.97. The maximum Gasteiger partial charge on any atom is 0.242 e. The predicted molar refractivity (Wildman–Crippen MR) is 100 cm³/mol. The van der Waals surface area contributed by atoms with Crippen LogP contribution in [0.2, 0.25) is 0 Å².